The number of hydrogen-bond donors (Lipinski definition) is 2. The Kier molecular flexibility index (Phi) is 10.7. The molecule has 3 N–H and O–H groups in total. The van der Waals surface area contributed by atoms with Crippen molar-refractivity contribution in [2.24, 2.45) is 5.73 Å². The van der Waals surface area contributed by atoms with Crippen molar-refractivity contribution in [1.29, 1.82) is 0 Å². The van der Waals surface area contributed by atoms with Gasteiger partial charge in [-0.3, -0.25) is 4.79 Å². The van der Waals surface area contributed by atoms with Gasteiger partial charge in [-0.2, -0.15) is 0 Å². The summed E-state index contributed by atoms with van der Waals surface area (Å²) in [5.74, 6) is 0.647. The second-order valence-electron chi connectivity index (χ2n) is 6.02. The van der Waals surface area contributed by atoms with Gasteiger partial charge in [0.05, 0.1) is 5.54 Å². The van der Waals surface area contributed by atoms with Crippen molar-refractivity contribution in [3.05, 3.63) is 24.3 Å². The van der Waals surface area contributed by atoms with Crippen LogP contribution in [0.5, 0.6) is 5.75 Å². The lowest BCUT2D eigenvalue weighted by molar-refractivity contribution is -0.120. The third-order valence-electron chi connectivity index (χ3n) is 3.97. The smallest absolute Gasteiger partial charge is 0.244 e. The van der Waals surface area contributed by atoms with Crippen molar-refractivity contribution in [2.75, 3.05) is 31.6 Å². The van der Waals surface area contributed by atoms with E-state index in [0.29, 0.717) is 13.0 Å². The molecule has 0 aliphatic heterocycles. The fraction of sp³-hybridized carbons (Fsp3) is 0.611. The van der Waals surface area contributed by atoms with Gasteiger partial charge < -0.3 is 20.7 Å². The molecular formula is C18H32ClN3O2. The summed E-state index contributed by atoms with van der Waals surface area (Å²) in [6.07, 6.45) is 1.53. The minimum absolute atomic E-state index is 0. The van der Waals surface area contributed by atoms with E-state index in [0.717, 1.165) is 37.5 Å². The third kappa shape index (κ3) is 7.51. The zero-order valence-electron chi connectivity index (χ0n) is 15.3. The monoisotopic (exact) mass is 357 g/mol. The zero-order valence-corrected chi connectivity index (χ0v) is 16.1. The molecule has 24 heavy (non-hydrogen) atoms. The number of carbonyl (C=O) groups excluding carboxylic acids is 1. The molecule has 0 spiro atoms. The Morgan fingerprint density at radius 2 is 1.79 bits per heavy atom. The Morgan fingerprint density at radius 3 is 2.29 bits per heavy atom. The van der Waals surface area contributed by atoms with Crippen LogP contribution < -0.4 is 15.8 Å². The van der Waals surface area contributed by atoms with Crippen LogP contribution in [0.1, 0.15) is 40.5 Å². The Bertz CT molecular complexity index is 474. The summed E-state index contributed by atoms with van der Waals surface area (Å²) in [6.45, 7) is 11.7. The molecule has 0 heterocycles. The van der Waals surface area contributed by atoms with E-state index in [4.69, 9.17) is 10.5 Å². The number of nitrogens with zero attached hydrogens (tertiary/aromatic N) is 1. The van der Waals surface area contributed by atoms with E-state index in [1.807, 2.05) is 31.2 Å². The minimum atomic E-state index is -0.840. The number of benzene rings is 1. The molecule has 0 bridgehead atoms. The van der Waals surface area contributed by atoms with Crippen LogP contribution in [0, 0.1) is 0 Å². The number of halogens is 1. The maximum Gasteiger partial charge on any atom is 0.244 e. The van der Waals surface area contributed by atoms with Crippen LogP contribution in [0.3, 0.4) is 0 Å². The van der Waals surface area contributed by atoms with Gasteiger partial charge in [-0.1, -0.05) is 27.2 Å². The number of likely N-dealkylation sites (N-methyl/N-ethyl adjacent to an activating group) is 1. The lowest BCUT2D eigenvalue weighted by Crippen LogP contribution is -2.48. The van der Waals surface area contributed by atoms with E-state index in [1.165, 1.54) is 0 Å². The average Bonchev–Trinajstić information content (AvgIpc) is 2.53. The second kappa shape index (κ2) is 11.3. The molecule has 5 nitrogen and oxygen atoms in total. The van der Waals surface area contributed by atoms with Crippen molar-refractivity contribution in [2.45, 2.75) is 46.1 Å². The molecule has 138 valence electrons. The number of amides is 1. The number of hydrogen-bond acceptors (Lipinski definition) is 4. The normalized spacial score (nSPS) is 13.1. The van der Waals surface area contributed by atoms with E-state index < -0.39 is 5.54 Å². The molecule has 1 aromatic rings. The first-order valence-electron chi connectivity index (χ1n) is 8.48. The van der Waals surface area contributed by atoms with Crippen LogP contribution in [0.4, 0.5) is 5.69 Å². The largest absolute Gasteiger partial charge is 0.492 e. The van der Waals surface area contributed by atoms with Gasteiger partial charge in [-0.25, -0.2) is 0 Å². The first-order chi connectivity index (χ1) is 10.9. The van der Waals surface area contributed by atoms with Crippen molar-refractivity contribution in [1.82, 2.24) is 4.90 Å². The van der Waals surface area contributed by atoms with Crippen LogP contribution in [0.25, 0.3) is 0 Å². The van der Waals surface area contributed by atoms with Gasteiger partial charge in [-0.05, 0) is 50.7 Å². The summed E-state index contributed by atoms with van der Waals surface area (Å²) < 4.78 is 5.73. The van der Waals surface area contributed by atoms with E-state index in [-0.39, 0.29) is 18.3 Å². The minimum Gasteiger partial charge on any atom is -0.492 e. The Morgan fingerprint density at radius 1 is 1.21 bits per heavy atom. The van der Waals surface area contributed by atoms with Gasteiger partial charge in [0.25, 0.3) is 0 Å². The fourth-order valence-corrected chi connectivity index (χ4v) is 2.37. The molecule has 0 saturated carbocycles. The number of ether oxygens (including phenoxy) is 1. The second-order valence-corrected chi connectivity index (χ2v) is 6.02. The molecule has 0 aliphatic rings. The van der Waals surface area contributed by atoms with Crippen molar-refractivity contribution in [3.63, 3.8) is 0 Å². The van der Waals surface area contributed by atoms with Crippen molar-refractivity contribution in [3.8, 4) is 5.75 Å². The third-order valence-corrected chi connectivity index (χ3v) is 3.97. The van der Waals surface area contributed by atoms with E-state index in [9.17, 15) is 4.79 Å². The van der Waals surface area contributed by atoms with Crippen LogP contribution >= 0.6 is 12.4 Å². The van der Waals surface area contributed by atoms with Crippen molar-refractivity contribution >= 4 is 24.0 Å². The molecule has 6 heteroatoms. The van der Waals surface area contributed by atoms with Crippen LogP contribution in [0.2, 0.25) is 0 Å². The summed E-state index contributed by atoms with van der Waals surface area (Å²) >= 11 is 0. The molecule has 1 amide bonds. The highest BCUT2D eigenvalue weighted by atomic mass is 35.5. The lowest BCUT2D eigenvalue weighted by Gasteiger charge is -2.23. The first-order valence-corrected chi connectivity index (χ1v) is 8.48. The van der Waals surface area contributed by atoms with Gasteiger partial charge in [0.15, 0.2) is 0 Å². The standard InChI is InChI=1S/C18H31N3O2.ClH/c1-5-12-18(4,19)17(22)20-15-8-10-16(11-9-15)23-14-13-21(6-2)7-3;/h8-11H,5-7,12-14,19H2,1-4H3,(H,20,22);1H. The SMILES string of the molecule is CCCC(C)(N)C(=O)Nc1ccc(OCCN(CC)CC)cc1.Cl. The summed E-state index contributed by atoms with van der Waals surface area (Å²) in [6, 6.07) is 7.41. The molecule has 1 rings (SSSR count). The summed E-state index contributed by atoms with van der Waals surface area (Å²) in [4.78, 5) is 14.5. The number of anilines is 1. The van der Waals surface area contributed by atoms with E-state index in [1.54, 1.807) is 6.92 Å². The number of nitrogens with one attached hydrogen (secondary N) is 1. The van der Waals surface area contributed by atoms with Gasteiger partial charge in [0, 0.05) is 12.2 Å². The predicted octanol–water partition coefficient (Wildman–Crippen LogP) is 3.29. The lowest BCUT2D eigenvalue weighted by atomic mass is 9.96. The molecule has 0 fully saturated rings. The average molecular weight is 358 g/mol. The van der Waals surface area contributed by atoms with Gasteiger partial charge in [0.1, 0.15) is 12.4 Å². The zero-order chi connectivity index (χ0) is 17.3. The number of rotatable bonds is 10. The first kappa shape index (κ1) is 22.7. The van der Waals surface area contributed by atoms with Crippen LogP contribution in [-0.2, 0) is 4.79 Å². The summed E-state index contributed by atoms with van der Waals surface area (Å²) in [5, 5.41) is 2.86. The van der Waals surface area contributed by atoms with E-state index in [2.05, 4.69) is 24.1 Å². The molecule has 1 unspecified atom stereocenters. The van der Waals surface area contributed by atoms with Crippen molar-refractivity contribution < 1.29 is 9.53 Å². The molecule has 0 aromatic heterocycles. The number of nitrogens with two attached hydrogens (primary N) is 1. The maximum absolute atomic E-state index is 12.1. The topological polar surface area (TPSA) is 67.6 Å². The molecule has 1 atom stereocenters. The number of carbonyl (C=O) groups is 1. The Hall–Kier alpha value is -1.30. The Balaban J connectivity index is 0.00000529. The quantitative estimate of drug-likeness (QED) is 0.674. The van der Waals surface area contributed by atoms with E-state index >= 15 is 0 Å². The molecule has 1 aromatic carbocycles. The highest BCUT2D eigenvalue weighted by Gasteiger charge is 2.27. The molecule has 0 saturated heterocycles. The molecule has 0 aliphatic carbocycles. The Labute approximate surface area is 152 Å². The maximum atomic E-state index is 12.1. The van der Waals surface area contributed by atoms with Crippen LogP contribution in [-0.4, -0.2) is 42.6 Å². The van der Waals surface area contributed by atoms with Gasteiger partial charge in [-0.15, -0.1) is 12.4 Å². The van der Waals surface area contributed by atoms with Gasteiger partial charge >= 0.3 is 0 Å². The fourth-order valence-electron chi connectivity index (χ4n) is 2.37. The highest BCUT2D eigenvalue weighted by molar-refractivity contribution is 5.97. The van der Waals surface area contributed by atoms with Gasteiger partial charge in [0.2, 0.25) is 5.91 Å². The highest BCUT2D eigenvalue weighted by Crippen LogP contribution is 2.18. The summed E-state index contributed by atoms with van der Waals surface area (Å²) in [7, 11) is 0. The van der Waals surface area contributed by atoms with Crippen LogP contribution in [0.15, 0.2) is 24.3 Å². The summed E-state index contributed by atoms with van der Waals surface area (Å²) in [5.41, 5.74) is 5.92. The molecular weight excluding hydrogens is 326 g/mol. The molecule has 0 radical (unpaired) electrons. The predicted molar refractivity (Wildman–Crippen MR) is 103 cm³/mol.